The lowest BCUT2D eigenvalue weighted by Crippen LogP contribution is -2.34. The van der Waals surface area contributed by atoms with Crippen molar-refractivity contribution in [3.05, 3.63) is 0 Å². The predicted octanol–water partition coefficient (Wildman–Crippen LogP) is 2.96. The van der Waals surface area contributed by atoms with E-state index in [0.29, 0.717) is 4.90 Å². The first-order valence-electron chi connectivity index (χ1n) is 6.55. The van der Waals surface area contributed by atoms with Crippen LogP contribution in [0.5, 0.6) is 0 Å². The highest BCUT2D eigenvalue weighted by molar-refractivity contribution is 7.75. The third-order valence-corrected chi connectivity index (χ3v) is 4.57. The van der Waals surface area contributed by atoms with Gasteiger partial charge in [0.15, 0.2) is 0 Å². The van der Waals surface area contributed by atoms with Gasteiger partial charge in [0.1, 0.15) is 0 Å². The van der Waals surface area contributed by atoms with Crippen molar-refractivity contribution < 1.29 is 36.4 Å². The summed E-state index contributed by atoms with van der Waals surface area (Å²) < 4.78 is 58.5. The summed E-state index contributed by atoms with van der Waals surface area (Å²) in [6, 6.07) is -1.07. The van der Waals surface area contributed by atoms with Crippen molar-refractivity contribution in [2.45, 2.75) is 32.9 Å². The number of alkyl halides is 3. The van der Waals surface area contributed by atoms with Crippen molar-refractivity contribution in [3.8, 4) is 0 Å². The molecule has 0 aromatic rings. The number of rotatable bonds is 8. The number of aliphatic imine (C=N–C) groups is 1. The van der Waals surface area contributed by atoms with E-state index in [0.717, 1.165) is 0 Å². The van der Waals surface area contributed by atoms with Crippen LogP contribution in [0.2, 0.25) is 0 Å². The number of urea groups is 1. The topological polar surface area (TPSA) is 85.3 Å². The number of nitrogens with zero attached hydrogens (tertiary/aromatic N) is 2. The molecule has 0 atom stereocenters. The summed E-state index contributed by atoms with van der Waals surface area (Å²) in [5, 5.41) is 0. The molecular formula is C11H16F3N2O5P. The third kappa shape index (κ3) is 4.62. The SMILES string of the molecule is CCOP(=O)(OCC)C1=NC(=O)N(CCCC(F)(F)F)C1=O. The Balaban J connectivity index is 2.81. The number of amides is 3. The Labute approximate surface area is 125 Å². The largest absolute Gasteiger partial charge is 0.389 e. The summed E-state index contributed by atoms with van der Waals surface area (Å²) in [5.41, 5.74) is -0.687. The minimum absolute atomic E-state index is 0.0498. The first kappa shape index (κ1) is 18.8. The lowest BCUT2D eigenvalue weighted by molar-refractivity contribution is -0.137. The fourth-order valence-electron chi connectivity index (χ4n) is 1.72. The summed E-state index contributed by atoms with van der Waals surface area (Å²) in [6.07, 6.45) is -5.99. The van der Waals surface area contributed by atoms with E-state index >= 15 is 0 Å². The quantitative estimate of drug-likeness (QED) is 0.632. The molecule has 0 spiro atoms. The van der Waals surface area contributed by atoms with E-state index in [1.807, 2.05) is 0 Å². The van der Waals surface area contributed by atoms with Gasteiger partial charge in [-0.2, -0.15) is 18.2 Å². The second-order valence-electron chi connectivity index (χ2n) is 4.23. The molecule has 1 heterocycles. The van der Waals surface area contributed by atoms with Crippen LogP contribution < -0.4 is 0 Å². The van der Waals surface area contributed by atoms with E-state index in [1.54, 1.807) is 0 Å². The van der Waals surface area contributed by atoms with Gasteiger partial charge in [-0.1, -0.05) is 0 Å². The van der Waals surface area contributed by atoms with E-state index < -0.39 is 50.5 Å². The number of halogens is 3. The fourth-order valence-corrected chi connectivity index (χ4v) is 3.28. The molecule has 1 aliphatic rings. The standard InChI is InChI=1S/C11H16F3N2O5P/c1-3-20-22(19,21-4-2)8-9(17)16(10(18)15-8)7-5-6-11(12,13)14/h3-7H2,1-2H3. The maximum Gasteiger partial charge on any atom is 0.389 e. The Bertz CT molecular complexity index is 510. The van der Waals surface area contributed by atoms with Gasteiger partial charge in [0.05, 0.1) is 13.2 Å². The molecule has 0 unspecified atom stereocenters. The highest BCUT2D eigenvalue weighted by Gasteiger charge is 2.46. The zero-order chi connectivity index (χ0) is 17.0. The van der Waals surface area contributed by atoms with Crippen LogP contribution in [0.1, 0.15) is 26.7 Å². The molecule has 0 N–H and O–H groups in total. The summed E-state index contributed by atoms with van der Waals surface area (Å²) in [5.74, 6) is -1.04. The second-order valence-corrected chi connectivity index (χ2v) is 6.16. The van der Waals surface area contributed by atoms with Crippen LogP contribution >= 0.6 is 7.60 Å². The van der Waals surface area contributed by atoms with Crippen molar-refractivity contribution >= 4 is 25.0 Å². The molecule has 1 aliphatic heterocycles. The molecule has 22 heavy (non-hydrogen) atoms. The number of carbonyl (C=O) groups excluding carboxylic acids is 2. The number of hydrogen-bond acceptors (Lipinski definition) is 5. The van der Waals surface area contributed by atoms with Gasteiger partial charge < -0.3 is 9.05 Å². The number of carbonyl (C=O) groups is 2. The van der Waals surface area contributed by atoms with Crippen molar-refractivity contribution in [1.29, 1.82) is 0 Å². The Morgan fingerprint density at radius 3 is 2.18 bits per heavy atom. The van der Waals surface area contributed by atoms with Crippen molar-refractivity contribution in [2.75, 3.05) is 19.8 Å². The van der Waals surface area contributed by atoms with E-state index in [2.05, 4.69) is 4.99 Å². The molecule has 1 rings (SSSR count). The van der Waals surface area contributed by atoms with Crippen LogP contribution in [-0.4, -0.2) is 48.2 Å². The van der Waals surface area contributed by atoms with Crippen LogP contribution in [0.4, 0.5) is 18.0 Å². The Kier molecular flexibility index (Phi) is 6.27. The van der Waals surface area contributed by atoms with E-state index in [9.17, 15) is 27.3 Å². The van der Waals surface area contributed by atoms with E-state index in [-0.39, 0.29) is 13.2 Å². The highest BCUT2D eigenvalue weighted by atomic mass is 31.2. The smallest absolute Gasteiger partial charge is 0.304 e. The van der Waals surface area contributed by atoms with E-state index in [4.69, 9.17) is 9.05 Å². The average molecular weight is 344 g/mol. The van der Waals surface area contributed by atoms with Gasteiger partial charge in [-0.3, -0.25) is 14.3 Å². The van der Waals surface area contributed by atoms with Gasteiger partial charge in [0.2, 0.25) is 5.45 Å². The van der Waals surface area contributed by atoms with Crippen LogP contribution in [0.15, 0.2) is 4.99 Å². The Morgan fingerprint density at radius 2 is 1.73 bits per heavy atom. The van der Waals surface area contributed by atoms with Crippen LogP contribution in [0.3, 0.4) is 0 Å². The summed E-state index contributed by atoms with van der Waals surface area (Å²) >= 11 is 0. The van der Waals surface area contributed by atoms with Gasteiger partial charge >= 0.3 is 19.8 Å². The van der Waals surface area contributed by atoms with Crippen LogP contribution in [0, 0.1) is 0 Å². The van der Waals surface area contributed by atoms with Gasteiger partial charge in [0.25, 0.3) is 5.91 Å². The maximum atomic E-state index is 12.4. The average Bonchev–Trinajstić information content (AvgIpc) is 2.66. The zero-order valence-corrected chi connectivity index (χ0v) is 12.9. The third-order valence-electron chi connectivity index (χ3n) is 2.57. The fraction of sp³-hybridized carbons (Fsp3) is 0.727. The highest BCUT2D eigenvalue weighted by Crippen LogP contribution is 2.51. The molecule has 0 saturated carbocycles. The molecule has 0 bridgehead atoms. The lowest BCUT2D eigenvalue weighted by atomic mass is 10.3. The minimum Gasteiger partial charge on any atom is -0.304 e. The summed E-state index contributed by atoms with van der Waals surface area (Å²) in [6.45, 7) is 2.45. The predicted molar refractivity (Wildman–Crippen MR) is 70.7 cm³/mol. The van der Waals surface area contributed by atoms with Gasteiger partial charge in [-0.25, -0.2) is 4.79 Å². The molecule has 0 aliphatic carbocycles. The van der Waals surface area contributed by atoms with Crippen molar-refractivity contribution in [3.63, 3.8) is 0 Å². The summed E-state index contributed by atoms with van der Waals surface area (Å²) in [7, 11) is -4.05. The molecule has 126 valence electrons. The molecular weight excluding hydrogens is 328 g/mol. The zero-order valence-electron chi connectivity index (χ0n) is 12.1. The van der Waals surface area contributed by atoms with Gasteiger partial charge in [-0.15, -0.1) is 0 Å². The summed E-state index contributed by atoms with van der Waals surface area (Å²) in [4.78, 5) is 27.5. The first-order valence-corrected chi connectivity index (χ1v) is 8.09. The molecule has 0 aromatic carbocycles. The molecule has 3 amide bonds. The van der Waals surface area contributed by atoms with Gasteiger partial charge in [-0.05, 0) is 20.3 Å². The van der Waals surface area contributed by atoms with Crippen LogP contribution in [-0.2, 0) is 18.4 Å². The maximum absolute atomic E-state index is 12.4. The number of imide groups is 1. The molecule has 7 nitrogen and oxygen atoms in total. The van der Waals surface area contributed by atoms with E-state index in [1.165, 1.54) is 13.8 Å². The van der Waals surface area contributed by atoms with Crippen molar-refractivity contribution in [2.24, 2.45) is 4.99 Å². The molecule has 0 saturated heterocycles. The van der Waals surface area contributed by atoms with Gasteiger partial charge in [0, 0.05) is 13.0 Å². The number of hydrogen-bond donors (Lipinski definition) is 0. The van der Waals surface area contributed by atoms with Crippen molar-refractivity contribution in [1.82, 2.24) is 4.90 Å². The molecule has 0 radical (unpaired) electrons. The molecule has 0 aromatic heterocycles. The first-order chi connectivity index (χ1) is 10.1. The lowest BCUT2D eigenvalue weighted by Gasteiger charge is -2.17. The monoisotopic (exact) mass is 344 g/mol. The second kappa shape index (κ2) is 7.34. The Morgan fingerprint density at radius 1 is 1.18 bits per heavy atom. The molecule has 11 heteroatoms. The normalized spacial score (nSPS) is 16.4. The molecule has 0 fully saturated rings. The van der Waals surface area contributed by atoms with Crippen LogP contribution in [0.25, 0.3) is 0 Å². The minimum atomic E-state index is -4.39. The Hall–Kier alpha value is -1.25.